The number of hydrogen-bond acceptors (Lipinski definition) is 6. The fourth-order valence-corrected chi connectivity index (χ4v) is 10.4. The third-order valence-electron chi connectivity index (χ3n) is 11.7. The van der Waals surface area contributed by atoms with Crippen molar-refractivity contribution in [1.29, 1.82) is 0 Å². The van der Waals surface area contributed by atoms with E-state index < -0.39 is 0 Å². The summed E-state index contributed by atoms with van der Waals surface area (Å²) in [5.74, 6) is -0.296. The van der Waals surface area contributed by atoms with Crippen LogP contribution in [-0.2, 0) is 37.8 Å². The van der Waals surface area contributed by atoms with E-state index in [1.807, 2.05) is 30.3 Å². The van der Waals surface area contributed by atoms with Crippen LogP contribution >= 0.6 is 22.7 Å². The van der Waals surface area contributed by atoms with E-state index in [1.54, 1.807) is 22.7 Å². The molecule has 8 nitrogen and oxygen atoms in total. The van der Waals surface area contributed by atoms with Crippen molar-refractivity contribution in [3.05, 3.63) is 202 Å². The molecule has 0 atom stereocenters. The SMILES string of the molecule is C[n+]1c(-c2ccc3ccccc3[n+]2CCCCOC(=O)c2ccc(CCn3c(=NN=c4sc5ccccc5n4Cc4ccccc4)sc4ccccc43)cc2)ccc2ccccc21. The molecule has 0 bridgehead atoms. The van der Waals surface area contributed by atoms with Gasteiger partial charge in [-0.25, -0.2) is 4.79 Å². The van der Waals surface area contributed by atoms with Crippen molar-refractivity contribution in [3.63, 3.8) is 0 Å². The molecule has 0 spiro atoms. The molecule has 0 saturated carbocycles. The molecule has 0 amide bonds. The summed E-state index contributed by atoms with van der Waals surface area (Å²) in [6, 6.07) is 61.0. The molecular weight excluding hydrogens is 817 g/mol. The zero-order valence-corrected chi connectivity index (χ0v) is 36.6. The molecule has 10 rings (SSSR count). The van der Waals surface area contributed by atoms with E-state index in [0.717, 1.165) is 68.1 Å². The molecule has 0 N–H and O–H groups in total. The lowest BCUT2D eigenvalue weighted by Crippen LogP contribution is -2.42. The summed E-state index contributed by atoms with van der Waals surface area (Å²) in [6.45, 7) is 2.59. The van der Waals surface area contributed by atoms with Crippen molar-refractivity contribution in [2.75, 3.05) is 6.61 Å². The van der Waals surface area contributed by atoms with Gasteiger partial charge < -0.3 is 13.9 Å². The van der Waals surface area contributed by atoms with E-state index in [4.69, 9.17) is 14.9 Å². The van der Waals surface area contributed by atoms with E-state index >= 15 is 0 Å². The van der Waals surface area contributed by atoms with E-state index in [1.165, 1.54) is 32.1 Å². The number of benzene rings is 6. The zero-order chi connectivity index (χ0) is 42.5. The summed E-state index contributed by atoms with van der Waals surface area (Å²) in [4.78, 5) is 14.9. The highest BCUT2D eigenvalue weighted by Crippen LogP contribution is 2.22. The summed E-state index contributed by atoms with van der Waals surface area (Å²) in [5.41, 5.74) is 9.86. The van der Waals surface area contributed by atoms with Crippen LogP contribution in [0.2, 0.25) is 0 Å². The maximum atomic E-state index is 13.2. The lowest BCUT2D eigenvalue weighted by atomic mass is 10.1. The second-order valence-electron chi connectivity index (χ2n) is 15.7. The molecule has 10 heteroatoms. The molecular formula is C53H46N6O2S2+2. The molecule has 310 valence electrons. The fourth-order valence-electron chi connectivity index (χ4n) is 8.41. The number of unbranched alkanes of at least 4 members (excludes halogenated alkanes) is 1. The zero-order valence-electron chi connectivity index (χ0n) is 35.0. The maximum Gasteiger partial charge on any atom is 0.338 e. The number of thiazole rings is 2. The molecule has 6 aromatic carbocycles. The molecule has 0 aliphatic carbocycles. The van der Waals surface area contributed by atoms with Gasteiger partial charge in [0.15, 0.2) is 0 Å². The summed E-state index contributed by atoms with van der Waals surface area (Å²) >= 11 is 3.30. The second-order valence-corrected chi connectivity index (χ2v) is 17.7. The first-order valence-electron chi connectivity index (χ1n) is 21.4. The first-order valence-corrected chi connectivity index (χ1v) is 23.0. The average molecular weight is 863 g/mol. The molecule has 0 aliphatic heterocycles. The van der Waals surface area contributed by atoms with E-state index in [0.29, 0.717) is 25.3 Å². The van der Waals surface area contributed by atoms with Gasteiger partial charge in [-0.3, -0.25) is 0 Å². The first kappa shape index (κ1) is 40.1. The number of hydrogen-bond donors (Lipinski definition) is 0. The minimum absolute atomic E-state index is 0.296. The first-order chi connectivity index (χ1) is 31.1. The molecule has 0 radical (unpaired) electrons. The predicted octanol–water partition coefficient (Wildman–Crippen LogP) is 10.1. The number of carbonyl (C=O) groups is 1. The van der Waals surface area contributed by atoms with Crippen molar-refractivity contribution >= 4 is 70.9 Å². The highest BCUT2D eigenvalue weighted by Gasteiger charge is 2.25. The standard InChI is InChI=1S/C53H46N6O2S2/c1-56-43-19-7-5-17-40(43)29-31-45(56)46-32-30-41-18-6-8-20-44(41)57(46)34-13-14-36-61-51(60)42-27-25-38(26-28-42)33-35-58-47-21-9-11-23-49(47)62-52(58)54-55-53-59(37-39-15-3-2-4-16-39)48-22-10-12-24-50(48)63-53/h2-12,15-32H,13-14,33-37H2,1H3/q+2. The van der Waals surface area contributed by atoms with Crippen molar-refractivity contribution in [2.24, 2.45) is 17.3 Å². The largest absolute Gasteiger partial charge is 0.462 e. The third kappa shape index (κ3) is 8.47. The van der Waals surface area contributed by atoms with Gasteiger partial charge in [0.05, 0.1) is 39.1 Å². The Morgan fingerprint density at radius 3 is 1.89 bits per heavy atom. The Hall–Kier alpha value is -7.01. The van der Waals surface area contributed by atoms with E-state index in [2.05, 4.69) is 171 Å². The quantitative estimate of drug-likeness (QED) is 0.0502. The van der Waals surface area contributed by atoms with Crippen molar-refractivity contribution in [3.8, 4) is 11.4 Å². The van der Waals surface area contributed by atoms with Gasteiger partial charge in [0.2, 0.25) is 20.6 Å². The monoisotopic (exact) mass is 862 g/mol. The lowest BCUT2D eigenvalue weighted by Gasteiger charge is -2.09. The maximum absolute atomic E-state index is 13.2. The van der Waals surface area contributed by atoms with Crippen LogP contribution < -0.4 is 18.7 Å². The molecule has 4 heterocycles. The van der Waals surface area contributed by atoms with Gasteiger partial charge in [0.1, 0.15) is 13.6 Å². The van der Waals surface area contributed by atoms with Crippen LogP contribution in [0.5, 0.6) is 0 Å². The minimum atomic E-state index is -0.296. The van der Waals surface area contributed by atoms with Crippen LogP contribution in [0.3, 0.4) is 0 Å². The molecule has 0 unspecified atom stereocenters. The Morgan fingerprint density at radius 1 is 0.571 bits per heavy atom. The number of para-hydroxylation sites is 4. The molecule has 0 fully saturated rings. The minimum Gasteiger partial charge on any atom is -0.462 e. The fraction of sp³-hybridized carbons (Fsp3) is 0.151. The van der Waals surface area contributed by atoms with E-state index in [9.17, 15) is 4.79 Å². The summed E-state index contributed by atoms with van der Waals surface area (Å²) in [5, 5.41) is 12.2. The highest BCUT2D eigenvalue weighted by molar-refractivity contribution is 7.16. The average Bonchev–Trinajstić information content (AvgIpc) is 3.87. The Labute approximate surface area is 373 Å². The topological polar surface area (TPSA) is 68.6 Å². The molecule has 4 aromatic heterocycles. The molecule has 10 aromatic rings. The molecule has 0 aliphatic rings. The summed E-state index contributed by atoms with van der Waals surface area (Å²) in [7, 11) is 2.13. The van der Waals surface area contributed by atoms with Crippen molar-refractivity contribution in [1.82, 2.24) is 9.13 Å². The highest BCUT2D eigenvalue weighted by atomic mass is 32.1. The van der Waals surface area contributed by atoms with Crippen LogP contribution in [-0.4, -0.2) is 21.7 Å². The number of aromatic nitrogens is 4. The molecule has 0 saturated heterocycles. The van der Waals surface area contributed by atoms with E-state index in [-0.39, 0.29) is 5.97 Å². The Kier molecular flexibility index (Phi) is 11.5. The van der Waals surface area contributed by atoms with Gasteiger partial charge in [-0.1, -0.05) is 114 Å². The van der Waals surface area contributed by atoms with Crippen LogP contribution in [0.25, 0.3) is 53.6 Å². The Morgan fingerprint density at radius 2 is 1.16 bits per heavy atom. The van der Waals surface area contributed by atoms with Crippen molar-refractivity contribution < 1.29 is 18.7 Å². The number of nitrogens with zero attached hydrogens (tertiary/aromatic N) is 6. The second kappa shape index (κ2) is 18.1. The van der Waals surface area contributed by atoms with Gasteiger partial charge in [0, 0.05) is 48.0 Å². The third-order valence-corrected chi connectivity index (χ3v) is 13.8. The molecule has 63 heavy (non-hydrogen) atoms. The lowest BCUT2D eigenvalue weighted by molar-refractivity contribution is -0.680. The summed E-state index contributed by atoms with van der Waals surface area (Å²) < 4.78 is 17.3. The van der Waals surface area contributed by atoms with Crippen LogP contribution in [0.4, 0.5) is 0 Å². The number of rotatable bonds is 13. The number of ether oxygens (including phenoxy) is 1. The van der Waals surface area contributed by atoms with Crippen LogP contribution in [0, 0.1) is 0 Å². The normalized spacial score (nSPS) is 12.3. The van der Waals surface area contributed by atoms with Gasteiger partial charge in [-0.15, -0.1) is 10.2 Å². The van der Waals surface area contributed by atoms with Gasteiger partial charge >= 0.3 is 5.97 Å². The number of carbonyl (C=O) groups excluding carboxylic acids is 1. The Balaban J connectivity index is 0.805. The van der Waals surface area contributed by atoms with Crippen LogP contribution in [0.1, 0.15) is 34.3 Å². The van der Waals surface area contributed by atoms with Gasteiger partial charge in [0.25, 0.3) is 11.4 Å². The Bertz CT molecular complexity index is 3400. The summed E-state index contributed by atoms with van der Waals surface area (Å²) in [6.07, 6.45) is 2.39. The van der Waals surface area contributed by atoms with Gasteiger partial charge in [-0.05, 0) is 84.6 Å². The number of esters is 1. The smallest absolute Gasteiger partial charge is 0.338 e. The van der Waals surface area contributed by atoms with Crippen molar-refractivity contribution in [2.45, 2.75) is 38.9 Å². The number of aryl methyl sites for hydroxylation is 4. The van der Waals surface area contributed by atoms with Gasteiger partial charge in [-0.2, -0.15) is 9.13 Å². The number of fused-ring (bicyclic) bond motifs is 4. The van der Waals surface area contributed by atoms with Crippen LogP contribution in [0.15, 0.2) is 186 Å². The predicted molar refractivity (Wildman–Crippen MR) is 254 cm³/mol. The number of pyridine rings is 2.